The fraction of sp³-hybridized carbons (Fsp3) is 1.00. The van der Waals surface area contributed by atoms with Crippen molar-refractivity contribution in [2.24, 2.45) is 5.92 Å². The molecule has 0 unspecified atom stereocenters. The molecule has 6 heteroatoms. The molecule has 0 amide bonds. The van der Waals surface area contributed by atoms with Gasteiger partial charge in [-0.3, -0.25) is 4.90 Å². The molecule has 0 radical (unpaired) electrons. The first kappa shape index (κ1) is 18.9. The summed E-state index contributed by atoms with van der Waals surface area (Å²) in [4.78, 5) is 2.24. The van der Waals surface area contributed by atoms with Crippen molar-refractivity contribution < 1.29 is 8.42 Å². The molecule has 0 saturated carbocycles. The predicted octanol–water partition coefficient (Wildman–Crippen LogP) is 1.37. The normalized spacial score (nSPS) is 18.0. The first-order valence-corrected chi connectivity index (χ1v) is 9.94. The van der Waals surface area contributed by atoms with Crippen LogP contribution in [0.25, 0.3) is 0 Å². The lowest BCUT2D eigenvalue weighted by Gasteiger charge is -2.33. The monoisotopic (exact) mass is 319 g/mol. The fourth-order valence-electron chi connectivity index (χ4n) is 2.84. The Hall–Kier alpha value is -0.170. The van der Waals surface area contributed by atoms with Gasteiger partial charge in [-0.1, -0.05) is 27.7 Å². The van der Waals surface area contributed by atoms with Gasteiger partial charge in [-0.05, 0) is 18.8 Å². The minimum absolute atomic E-state index is 0.139. The second kappa shape index (κ2) is 9.08. The van der Waals surface area contributed by atoms with Gasteiger partial charge in [0.05, 0.1) is 5.75 Å². The molecule has 1 aliphatic rings. The zero-order chi connectivity index (χ0) is 15.9. The molecule has 0 aromatic carbocycles. The Bertz CT molecular complexity index is 374. The lowest BCUT2D eigenvalue weighted by Crippen LogP contribution is -2.48. The first-order chi connectivity index (χ1) is 9.90. The number of sulfonamides is 1. The Morgan fingerprint density at radius 2 is 1.71 bits per heavy atom. The molecule has 1 aliphatic heterocycles. The van der Waals surface area contributed by atoms with Gasteiger partial charge < -0.3 is 5.32 Å². The first-order valence-electron chi connectivity index (χ1n) is 8.33. The minimum atomic E-state index is -3.17. The van der Waals surface area contributed by atoms with Crippen LogP contribution in [0.15, 0.2) is 0 Å². The molecule has 1 rings (SSSR count). The number of hydrogen-bond donors (Lipinski definition) is 1. The van der Waals surface area contributed by atoms with Crippen molar-refractivity contribution >= 4 is 10.0 Å². The Labute approximate surface area is 131 Å². The Balaban J connectivity index is 2.68. The van der Waals surface area contributed by atoms with Crippen LogP contribution in [0.3, 0.4) is 0 Å². The van der Waals surface area contributed by atoms with Gasteiger partial charge >= 0.3 is 0 Å². The second-order valence-corrected chi connectivity index (χ2v) is 8.38. The molecule has 0 aromatic rings. The van der Waals surface area contributed by atoms with Gasteiger partial charge in [0, 0.05) is 45.3 Å². The summed E-state index contributed by atoms with van der Waals surface area (Å²) in [5.74, 6) is 0.607. The fourth-order valence-corrected chi connectivity index (χ4v) is 4.84. The highest BCUT2D eigenvalue weighted by molar-refractivity contribution is 7.89. The number of nitrogens with one attached hydrogen (secondary N) is 1. The van der Waals surface area contributed by atoms with Crippen LogP contribution < -0.4 is 5.32 Å². The third kappa shape index (κ3) is 6.22. The molecule has 1 heterocycles. The van der Waals surface area contributed by atoms with Crippen LogP contribution in [0.5, 0.6) is 0 Å². The maximum absolute atomic E-state index is 12.8. The molecule has 0 aromatic heterocycles. The van der Waals surface area contributed by atoms with E-state index in [1.165, 1.54) is 0 Å². The molecule has 5 nitrogen and oxygen atoms in total. The van der Waals surface area contributed by atoms with Gasteiger partial charge in [0.25, 0.3) is 0 Å². The predicted molar refractivity (Wildman–Crippen MR) is 89.0 cm³/mol. The highest BCUT2D eigenvalue weighted by atomic mass is 32.2. The van der Waals surface area contributed by atoms with Crippen molar-refractivity contribution in [3.05, 3.63) is 0 Å². The van der Waals surface area contributed by atoms with E-state index in [-0.39, 0.29) is 11.8 Å². The zero-order valence-corrected chi connectivity index (χ0v) is 15.0. The van der Waals surface area contributed by atoms with Gasteiger partial charge in [0.2, 0.25) is 10.0 Å². The van der Waals surface area contributed by atoms with Crippen molar-refractivity contribution in [1.29, 1.82) is 0 Å². The molecule has 1 fully saturated rings. The van der Waals surface area contributed by atoms with Crippen molar-refractivity contribution in [3.8, 4) is 0 Å². The SMILES string of the molecule is CCC(CC)N(CC(C)C)S(=O)(=O)CCN1CCNCC1. The van der Waals surface area contributed by atoms with E-state index in [4.69, 9.17) is 0 Å². The summed E-state index contributed by atoms with van der Waals surface area (Å²) in [7, 11) is -3.17. The molecule has 126 valence electrons. The summed E-state index contributed by atoms with van der Waals surface area (Å²) in [5.41, 5.74) is 0. The van der Waals surface area contributed by atoms with Crippen LogP contribution in [0, 0.1) is 5.92 Å². The highest BCUT2D eigenvalue weighted by Gasteiger charge is 2.29. The maximum atomic E-state index is 12.8. The number of piperazine rings is 1. The summed E-state index contributed by atoms with van der Waals surface area (Å²) >= 11 is 0. The van der Waals surface area contributed by atoms with Crippen LogP contribution in [0.1, 0.15) is 40.5 Å². The molecule has 0 bridgehead atoms. The van der Waals surface area contributed by atoms with Crippen molar-refractivity contribution in [1.82, 2.24) is 14.5 Å². The zero-order valence-electron chi connectivity index (χ0n) is 14.1. The van der Waals surface area contributed by atoms with Gasteiger partial charge in [-0.2, -0.15) is 4.31 Å². The molecule has 0 atom stereocenters. The summed E-state index contributed by atoms with van der Waals surface area (Å²) in [5, 5.41) is 3.30. The van der Waals surface area contributed by atoms with Crippen LogP contribution in [-0.2, 0) is 10.0 Å². The van der Waals surface area contributed by atoms with E-state index in [0.29, 0.717) is 19.0 Å². The standard InChI is InChI=1S/C15H33N3O2S/c1-5-15(6-2)18(13-14(3)4)21(19,20)12-11-17-9-7-16-8-10-17/h14-16H,5-13H2,1-4H3. The maximum Gasteiger partial charge on any atom is 0.215 e. The van der Waals surface area contributed by atoms with E-state index in [1.807, 2.05) is 0 Å². The van der Waals surface area contributed by atoms with Crippen molar-refractivity contribution in [3.63, 3.8) is 0 Å². The van der Waals surface area contributed by atoms with E-state index in [1.54, 1.807) is 4.31 Å². The average Bonchev–Trinajstić information content (AvgIpc) is 2.46. The molecular formula is C15H33N3O2S. The van der Waals surface area contributed by atoms with Gasteiger partial charge in [0.15, 0.2) is 0 Å². The third-order valence-electron chi connectivity index (χ3n) is 4.13. The Morgan fingerprint density at radius 1 is 1.14 bits per heavy atom. The molecule has 0 spiro atoms. The molecule has 1 N–H and O–H groups in total. The lowest BCUT2D eigenvalue weighted by molar-refractivity contribution is 0.246. The van der Waals surface area contributed by atoms with Crippen LogP contribution in [-0.4, -0.2) is 68.7 Å². The van der Waals surface area contributed by atoms with E-state index in [2.05, 4.69) is 37.9 Å². The topological polar surface area (TPSA) is 52.7 Å². The van der Waals surface area contributed by atoms with Gasteiger partial charge in [-0.25, -0.2) is 8.42 Å². The van der Waals surface area contributed by atoms with Crippen LogP contribution in [0.2, 0.25) is 0 Å². The summed E-state index contributed by atoms with van der Waals surface area (Å²) < 4.78 is 27.3. The minimum Gasteiger partial charge on any atom is -0.314 e. The largest absolute Gasteiger partial charge is 0.314 e. The van der Waals surface area contributed by atoms with E-state index >= 15 is 0 Å². The van der Waals surface area contributed by atoms with E-state index < -0.39 is 10.0 Å². The Morgan fingerprint density at radius 3 is 2.19 bits per heavy atom. The van der Waals surface area contributed by atoms with Crippen LogP contribution in [0.4, 0.5) is 0 Å². The summed E-state index contributed by atoms with van der Waals surface area (Å²) in [6, 6.07) is 0.139. The van der Waals surface area contributed by atoms with Gasteiger partial charge in [0.1, 0.15) is 0 Å². The molecule has 21 heavy (non-hydrogen) atoms. The molecule has 1 saturated heterocycles. The molecular weight excluding hydrogens is 286 g/mol. The lowest BCUT2D eigenvalue weighted by atomic mass is 10.1. The summed E-state index contributed by atoms with van der Waals surface area (Å²) in [6.07, 6.45) is 1.77. The smallest absolute Gasteiger partial charge is 0.215 e. The van der Waals surface area contributed by atoms with Crippen molar-refractivity contribution in [2.75, 3.05) is 45.0 Å². The average molecular weight is 320 g/mol. The number of hydrogen-bond acceptors (Lipinski definition) is 4. The third-order valence-corrected chi connectivity index (χ3v) is 5.99. The molecule has 0 aliphatic carbocycles. The quantitative estimate of drug-likeness (QED) is 0.697. The second-order valence-electron chi connectivity index (χ2n) is 6.34. The number of nitrogens with zero attached hydrogens (tertiary/aromatic N) is 2. The number of rotatable bonds is 9. The van der Waals surface area contributed by atoms with Crippen LogP contribution >= 0.6 is 0 Å². The van der Waals surface area contributed by atoms with Crippen molar-refractivity contribution in [2.45, 2.75) is 46.6 Å². The highest BCUT2D eigenvalue weighted by Crippen LogP contribution is 2.17. The van der Waals surface area contributed by atoms with Gasteiger partial charge in [-0.15, -0.1) is 0 Å². The Kier molecular flexibility index (Phi) is 8.16. The summed E-state index contributed by atoms with van der Waals surface area (Å²) in [6.45, 7) is 13.4. The van der Waals surface area contributed by atoms with E-state index in [9.17, 15) is 8.42 Å². The van der Waals surface area contributed by atoms with E-state index in [0.717, 1.165) is 39.0 Å².